The number of fused-ring (bicyclic) bond motifs is 1. The minimum Gasteiger partial charge on any atom is -0.318 e. The fraction of sp³-hybridized carbons (Fsp3) is 0.400. The predicted octanol–water partition coefficient (Wildman–Crippen LogP) is 1.70. The lowest BCUT2D eigenvalue weighted by molar-refractivity contribution is -0.115. The maximum Gasteiger partial charge on any atom is 0.226 e. The van der Waals surface area contributed by atoms with Gasteiger partial charge in [-0.1, -0.05) is 21.6 Å². The van der Waals surface area contributed by atoms with Gasteiger partial charge in [0, 0.05) is 19.2 Å². The highest BCUT2D eigenvalue weighted by atomic mass is 33.1. The first-order chi connectivity index (χ1) is 8.72. The molecule has 2 heterocycles. The normalized spacial score (nSPS) is 10.8. The van der Waals surface area contributed by atoms with Crippen molar-refractivity contribution in [3.8, 4) is 0 Å². The van der Waals surface area contributed by atoms with Gasteiger partial charge >= 0.3 is 0 Å². The summed E-state index contributed by atoms with van der Waals surface area (Å²) in [5, 5.41) is 2.77. The van der Waals surface area contributed by atoms with Gasteiger partial charge in [-0.3, -0.25) is 4.79 Å². The van der Waals surface area contributed by atoms with Crippen LogP contribution in [0.5, 0.6) is 0 Å². The van der Waals surface area contributed by atoms with Crippen LogP contribution in [-0.2, 0) is 11.8 Å². The van der Waals surface area contributed by atoms with Crippen LogP contribution in [0.2, 0.25) is 0 Å². The van der Waals surface area contributed by atoms with E-state index in [1.54, 1.807) is 32.5 Å². The third kappa shape index (κ3) is 2.94. The molecule has 0 saturated heterocycles. The van der Waals surface area contributed by atoms with Crippen LogP contribution in [0.3, 0.4) is 0 Å². The SMILES string of the molecule is CSSCCC(=O)Nc1ncnc2c1ncn2C. The summed E-state index contributed by atoms with van der Waals surface area (Å²) in [5.41, 5.74) is 1.32. The van der Waals surface area contributed by atoms with Crippen molar-refractivity contribution in [1.29, 1.82) is 0 Å². The molecule has 2 aromatic rings. The molecule has 0 radical (unpaired) electrons. The third-order valence-corrected chi connectivity index (χ3v) is 4.10. The van der Waals surface area contributed by atoms with Gasteiger partial charge in [0.25, 0.3) is 0 Å². The van der Waals surface area contributed by atoms with E-state index in [-0.39, 0.29) is 5.91 Å². The van der Waals surface area contributed by atoms with E-state index in [9.17, 15) is 4.79 Å². The lowest BCUT2D eigenvalue weighted by Gasteiger charge is -2.04. The first-order valence-corrected chi connectivity index (χ1v) is 8.02. The Morgan fingerprint density at radius 1 is 1.44 bits per heavy atom. The molecule has 0 aromatic carbocycles. The molecule has 0 unspecified atom stereocenters. The molecular weight excluding hydrogens is 270 g/mol. The Morgan fingerprint density at radius 3 is 3.06 bits per heavy atom. The van der Waals surface area contributed by atoms with Gasteiger partial charge in [-0.05, 0) is 6.26 Å². The number of anilines is 1. The molecular formula is C10H13N5OS2. The van der Waals surface area contributed by atoms with E-state index in [4.69, 9.17) is 0 Å². The number of hydrogen-bond donors (Lipinski definition) is 1. The zero-order valence-corrected chi connectivity index (χ0v) is 11.7. The quantitative estimate of drug-likeness (QED) is 0.665. The zero-order chi connectivity index (χ0) is 13.0. The van der Waals surface area contributed by atoms with Crippen molar-refractivity contribution < 1.29 is 4.79 Å². The van der Waals surface area contributed by atoms with Crippen molar-refractivity contribution in [2.45, 2.75) is 6.42 Å². The summed E-state index contributed by atoms with van der Waals surface area (Å²) >= 11 is 0. The summed E-state index contributed by atoms with van der Waals surface area (Å²) in [7, 11) is 5.16. The van der Waals surface area contributed by atoms with Crippen LogP contribution in [0.4, 0.5) is 5.82 Å². The summed E-state index contributed by atoms with van der Waals surface area (Å²) in [4.78, 5) is 24.1. The number of carbonyl (C=O) groups excluding carboxylic acids is 1. The number of nitrogens with one attached hydrogen (secondary N) is 1. The van der Waals surface area contributed by atoms with Crippen LogP contribution in [-0.4, -0.2) is 37.4 Å². The second-order valence-corrected chi connectivity index (χ2v) is 6.22. The molecule has 1 amide bonds. The molecule has 0 fully saturated rings. The Labute approximate surface area is 112 Å². The molecule has 0 aliphatic rings. The van der Waals surface area contributed by atoms with Crippen LogP contribution in [0.15, 0.2) is 12.7 Å². The van der Waals surface area contributed by atoms with Gasteiger partial charge in [-0.25, -0.2) is 15.0 Å². The molecule has 0 aliphatic carbocycles. The highest BCUT2D eigenvalue weighted by molar-refractivity contribution is 8.76. The van der Waals surface area contributed by atoms with Crippen molar-refractivity contribution in [3.63, 3.8) is 0 Å². The summed E-state index contributed by atoms with van der Waals surface area (Å²) in [5.74, 6) is 1.20. The molecule has 0 saturated carbocycles. The molecule has 0 bridgehead atoms. The van der Waals surface area contributed by atoms with Crippen LogP contribution < -0.4 is 5.32 Å². The second kappa shape index (κ2) is 6.05. The molecule has 96 valence electrons. The second-order valence-electron chi connectivity index (χ2n) is 3.54. The third-order valence-electron chi connectivity index (χ3n) is 2.29. The van der Waals surface area contributed by atoms with E-state index in [1.807, 2.05) is 13.3 Å². The fourth-order valence-electron chi connectivity index (χ4n) is 1.45. The van der Waals surface area contributed by atoms with Gasteiger partial charge in [-0.15, -0.1) is 0 Å². The maximum atomic E-state index is 11.7. The molecule has 0 aliphatic heterocycles. The molecule has 6 nitrogen and oxygen atoms in total. The Hall–Kier alpha value is -1.28. The molecule has 0 atom stereocenters. The van der Waals surface area contributed by atoms with Gasteiger partial charge in [0.1, 0.15) is 6.33 Å². The smallest absolute Gasteiger partial charge is 0.226 e. The summed E-state index contributed by atoms with van der Waals surface area (Å²) in [6.45, 7) is 0. The number of carbonyl (C=O) groups is 1. The Balaban J connectivity index is 2.09. The number of aromatic nitrogens is 4. The Kier molecular flexibility index (Phi) is 4.43. The van der Waals surface area contributed by atoms with Gasteiger partial charge < -0.3 is 9.88 Å². The van der Waals surface area contributed by atoms with Crippen molar-refractivity contribution in [2.24, 2.45) is 7.05 Å². The average Bonchev–Trinajstić information content (AvgIpc) is 2.73. The highest BCUT2D eigenvalue weighted by Gasteiger charge is 2.10. The standard InChI is InChI=1S/C10H13N5OS2/c1-15-6-13-8-9(11-5-12-10(8)15)14-7(16)3-4-18-17-2/h5-6H,3-4H2,1-2H3,(H,11,12,14,16). The predicted molar refractivity (Wildman–Crippen MR) is 75.5 cm³/mol. The minimum atomic E-state index is -0.0535. The lowest BCUT2D eigenvalue weighted by Crippen LogP contribution is -2.13. The Morgan fingerprint density at radius 2 is 2.28 bits per heavy atom. The van der Waals surface area contributed by atoms with Crippen molar-refractivity contribution in [2.75, 3.05) is 17.3 Å². The summed E-state index contributed by atoms with van der Waals surface area (Å²) in [6.07, 6.45) is 5.53. The zero-order valence-electron chi connectivity index (χ0n) is 10.1. The van der Waals surface area contributed by atoms with E-state index in [0.29, 0.717) is 23.4 Å². The molecule has 18 heavy (non-hydrogen) atoms. The fourth-order valence-corrected chi connectivity index (χ4v) is 2.63. The summed E-state index contributed by atoms with van der Waals surface area (Å²) in [6, 6.07) is 0. The topological polar surface area (TPSA) is 72.7 Å². The molecule has 1 N–H and O–H groups in total. The van der Waals surface area contributed by atoms with Crippen molar-refractivity contribution >= 4 is 44.5 Å². The lowest BCUT2D eigenvalue weighted by atomic mass is 10.4. The number of nitrogens with zero attached hydrogens (tertiary/aromatic N) is 4. The van der Waals surface area contributed by atoms with Crippen molar-refractivity contribution in [3.05, 3.63) is 12.7 Å². The van der Waals surface area contributed by atoms with E-state index >= 15 is 0 Å². The van der Waals surface area contributed by atoms with Crippen LogP contribution >= 0.6 is 21.6 Å². The number of hydrogen-bond acceptors (Lipinski definition) is 6. The van der Waals surface area contributed by atoms with E-state index in [1.165, 1.54) is 6.33 Å². The largest absolute Gasteiger partial charge is 0.318 e. The molecule has 0 spiro atoms. The van der Waals surface area contributed by atoms with E-state index in [2.05, 4.69) is 20.3 Å². The van der Waals surface area contributed by atoms with Crippen molar-refractivity contribution in [1.82, 2.24) is 19.5 Å². The number of rotatable bonds is 5. The summed E-state index contributed by atoms with van der Waals surface area (Å²) < 4.78 is 1.79. The number of aryl methyl sites for hydroxylation is 1. The maximum absolute atomic E-state index is 11.7. The van der Waals surface area contributed by atoms with Gasteiger partial charge in [0.15, 0.2) is 17.0 Å². The average molecular weight is 283 g/mol. The molecule has 8 heteroatoms. The first kappa shape index (κ1) is 13.2. The minimum absolute atomic E-state index is 0.0535. The molecule has 2 aromatic heterocycles. The van der Waals surface area contributed by atoms with Gasteiger partial charge in [0.2, 0.25) is 5.91 Å². The highest BCUT2D eigenvalue weighted by Crippen LogP contribution is 2.19. The van der Waals surface area contributed by atoms with Crippen LogP contribution in [0.1, 0.15) is 6.42 Å². The monoisotopic (exact) mass is 283 g/mol. The number of imidazole rings is 1. The van der Waals surface area contributed by atoms with Gasteiger partial charge in [-0.2, -0.15) is 0 Å². The van der Waals surface area contributed by atoms with E-state index in [0.717, 1.165) is 5.75 Å². The van der Waals surface area contributed by atoms with Crippen LogP contribution in [0.25, 0.3) is 11.2 Å². The Bertz CT molecular complexity index is 556. The first-order valence-electron chi connectivity index (χ1n) is 5.30. The van der Waals surface area contributed by atoms with E-state index < -0.39 is 0 Å². The molecule has 2 rings (SSSR count). The van der Waals surface area contributed by atoms with Gasteiger partial charge in [0.05, 0.1) is 6.33 Å². The number of amides is 1. The van der Waals surface area contributed by atoms with Crippen LogP contribution in [0, 0.1) is 0 Å².